The van der Waals surface area contributed by atoms with Crippen LogP contribution >= 0.6 is 0 Å². The van der Waals surface area contributed by atoms with Gasteiger partial charge in [-0.05, 0) is 11.3 Å². The van der Waals surface area contributed by atoms with E-state index >= 15 is 0 Å². The Bertz CT molecular complexity index is 544. The molecule has 0 aliphatic rings. The summed E-state index contributed by atoms with van der Waals surface area (Å²) in [5, 5.41) is 4.05. The minimum atomic E-state index is -3.94. The Hall–Kier alpha value is -1.20. The topological polar surface area (TPSA) is 77.2 Å². The van der Waals surface area contributed by atoms with Gasteiger partial charge >= 0.3 is 0 Å². The Kier molecular flexibility index (Phi) is 4.53. The highest BCUT2D eigenvalue weighted by Crippen LogP contribution is 2.32. The highest BCUT2D eigenvalue weighted by atomic mass is 32.2. The molecule has 2 unspecified atom stereocenters. The summed E-state index contributed by atoms with van der Waals surface area (Å²) in [5.74, 6) is -0.819. The molecule has 0 aliphatic heterocycles. The molecule has 0 spiro atoms. The first kappa shape index (κ1) is 15.9. The molecule has 2 N–H and O–H groups in total. The van der Waals surface area contributed by atoms with Crippen molar-refractivity contribution in [1.29, 1.82) is 0 Å². The number of hydrogen-bond donors (Lipinski definition) is 1. The maximum absolute atomic E-state index is 12.4. The zero-order valence-corrected chi connectivity index (χ0v) is 12.6. The molecular weight excluding hydrogens is 262 g/mol. The van der Waals surface area contributed by atoms with Gasteiger partial charge in [-0.25, -0.2) is 13.6 Å². The number of nitrogens with two attached hydrogens (primary N) is 1. The lowest BCUT2D eigenvalue weighted by Crippen LogP contribution is -2.45. The van der Waals surface area contributed by atoms with Gasteiger partial charge in [0.25, 0.3) is 0 Å². The minimum Gasteiger partial charge on any atom is -0.293 e. The molecule has 0 saturated carbocycles. The fraction of sp³-hybridized carbons (Fsp3) is 0.500. The molecular formula is C14H21NO3S. The number of rotatable bonds is 4. The Morgan fingerprint density at radius 3 is 2.00 bits per heavy atom. The predicted octanol–water partition coefficient (Wildman–Crippen LogP) is 2.21. The number of sulfonamides is 1. The molecule has 1 aromatic rings. The van der Waals surface area contributed by atoms with Gasteiger partial charge in [-0.15, -0.1) is 0 Å². The summed E-state index contributed by atoms with van der Waals surface area (Å²) in [4.78, 5) is 12.4. The fourth-order valence-corrected chi connectivity index (χ4v) is 3.29. The van der Waals surface area contributed by atoms with Crippen molar-refractivity contribution >= 4 is 15.8 Å². The zero-order valence-electron chi connectivity index (χ0n) is 11.8. The molecule has 0 bridgehead atoms. The van der Waals surface area contributed by atoms with Crippen LogP contribution in [0.4, 0.5) is 0 Å². The van der Waals surface area contributed by atoms with Crippen molar-refractivity contribution in [3.63, 3.8) is 0 Å². The van der Waals surface area contributed by atoms with Crippen LogP contribution in [0.15, 0.2) is 30.3 Å². The number of hydrogen-bond acceptors (Lipinski definition) is 3. The van der Waals surface area contributed by atoms with E-state index < -0.39 is 21.1 Å². The van der Waals surface area contributed by atoms with Crippen molar-refractivity contribution < 1.29 is 13.2 Å². The normalized spacial score (nSPS) is 15.8. The summed E-state index contributed by atoms with van der Waals surface area (Å²) in [7, 11) is -3.94. The van der Waals surface area contributed by atoms with Crippen LogP contribution in [0.1, 0.15) is 38.1 Å². The second-order valence-corrected chi connectivity index (χ2v) is 7.58. The molecule has 0 amide bonds. The van der Waals surface area contributed by atoms with Crippen molar-refractivity contribution in [1.82, 2.24) is 0 Å². The Labute approximate surface area is 115 Å². The van der Waals surface area contributed by atoms with E-state index in [4.69, 9.17) is 5.14 Å². The molecule has 0 aromatic heterocycles. The van der Waals surface area contributed by atoms with Gasteiger partial charge < -0.3 is 0 Å². The maximum atomic E-state index is 12.4. The predicted molar refractivity (Wildman–Crippen MR) is 76.3 cm³/mol. The van der Waals surface area contributed by atoms with Crippen LogP contribution in [0.2, 0.25) is 0 Å². The monoisotopic (exact) mass is 283 g/mol. The zero-order chi connectivity index (χ0) is 14.8. The molecule has 106 valence electrons. The third-order valence-electron chi connectivity index (χ3n) is 3.49. The summed E-state index contributed by atoms with van der Waals surface area (Å²) >= 11 is 0. The maximum Gasteiger partial charge on any atom is 0.219 e. The first-order valence-corrected chi connectivity index (χ1v) is 7.77. The van der Waals surface area contributed by atoms with Crippen LogP contribution in [0.5, 0.6) is 0 Å². The molecule has 19 heavy (non-hydrogen) atoms. The van der Waals surface area contributed by atoms with E-state index in [1.54, 1.807) is 37.3 Å². The third-order valence-corrected chi connectivity index (χ3v) is 4.82. The third kappa shape index (κ3) is 3.88. The van der Waals surface area contributed by atoms with Crippen LogP contribution in [-0.2, 0) is 10.0 Å². The van der Waals surface area contributed by atoms with Crippen LogP contribution in [0, 0.1) is 11.3 Å². The van der Waals surface area contributed by atoms with Gasteiger partial charge in [0.2, 0.25) is 10.0 Å². The number of benzene rings is 1. The number of Topliss-reactive ketones (excluding diaryl/α,β-unsaturated/α-hetero) is 1. The SMILES string of the molecule is CC(C(C(=O)c1ccccc1)S(N)(=O)=O)C(C)(C)C. The van der Waals surface area contributed by atoms with Crippen molar-refractivity contribution in [3.05, 3.63) is 35.9 Å². The summed E-state index contributed by atoms with van der Waals surface area (Å²) in [6, 6.07) is 8.39. The van der Waals surface area contributed by atoms with Gasteiger partial charge in [0.15, 0.2) is 5.78 Å². The van der Waals surface area contributed by atoms with Gasteiger partial charge in [-0.3, -0.25) is 4.79 Å². The highest BCUT2D eigenvalue weighted by Gasteiger charge is 2.40. The molecule has 0 heterocycles. The molecule has 5 heteroatoms. The van der Waals surface area contributed by atoms with E-state index in [-0.39, 0.29) is 11.3 Å². The molecule has 0 radical (unpaired) electrons. The summed E-state index contributed by atoms with van der Waals surface area (Å²) < 4.78 is 23.6. The van der Waals surface area contributed by atoms with Gasteiger partial charge in [-0.2, -0.15) is 0 Å². The lowest BCUT2D eigenvalue weighted by atomic mass is 9.78. The number of carbonyl (C=O) groups is 1. The summed E-state index contributed by atoms with van der Waals surface area (Å²) in [5.41, 5.74) is 0.0410. The average Bonchev–Trinajstić information content (AvgIpc) is 2.27. The van der Waals surface area contributed by atoms with Gasteiger partial charge in [0.05, 0.1) is 0 Å². The van der Waals surface area contributed by atoms with Gasteiger partial charge in [-0.1, -0.05) is 58.0 Å². The van der Waals surface area contributed by atoms with E-state index in [0.29, 0.717) is 5.56 Å². The molecule has 2 atom stereocenters. The van der Waals surface area contributed by atoms with Crippen molar-refractivity contribution in [3.8, 4) is 0 Å². The van der Waals surface area contributed by atoms with Gasteiger partial charge in [0, 0.05) is 5.56 Å². The van der Waals surface area contributed by atoms with Gasteiger partial charge in [0.1, 0.15) is 5.25 Å². The smallest absolute Gasteiger partial charge is 0.219 e. The van der Waals surface area contributed by atoms with E-state index in [9.17, 15) is 13.2 Å². The van der Waals surface area contributed by atoms with Crippen molar-refractivity contribution in [2.75, 3.05) is 0 Å². The Balaban J connectivity index is 3.25. The van der Waals surface area contributed by atoms with Crippen molar-refractivity contribution in [2.24, 2.45) is 16.5 Å². The Morgan fingerprint density at radius 1 is 1.16 bits per heavy atom. The molecule has 0 fully saturated rings. The largest absolute Gasteiger partial charge is 0.293 e. The number of carbonyl (C=O) groups excluding carboxylic acids is 1. The highest BCUT2D eigenvalue weighted by molar-refractivity contribution is 7.90. The quantitative estimate of drug-likeness (QED) is 0.861. The van der Waals surface area contributed by atoms with E-state index in [0.717, 1.165) is 0 Å². The lowest BCUT2D eigenvalue weighted by Gasteiger charge is -2.32. The lowest BCUT2D eigenvalue weighted by molar-refractivity contribution is 0.0934. The Morgan fingerprint density at radius 2 is 1.63 bits per heavy atom. The molecule has 0 saturated heterocycles. The molecule has 0 aliphatic carbocycles. The second kappa shape index (κ2) is 5.43. The van der Waals surface area contributed by atoms with E-state index in [1.807, 2.05) is 20.8 Å². The van der Waals surface area contributed by atoms with Crippen LogP contribution in [0.3, 0.4) is 0 Å². The van der Waals surface area contributed by atoms with E-state index in [1.165, 1.54) is 0 Å². The second-order valence-electron chi connectivity index (χ2n) is 5.89. The summed E-state index contributed by atoms with van der Waals surface area (Å²) in [6.45, 7) is 7.44. The average molecular weight is 283 g/mol. The summed E-state index contributed by atoms with van der Waals surface area (Å²) in [6.07, 6.45) is 0. The molecule has 4 nitrogen and oxygen atoms in total. The standard InChI is InChI=1S/C14H21NO3S/c1-10(14(2,3)4)13(19(15,17)18)12(16)11-8-6-5-7-9-11/h5-10,13H,1-4H3,(H2,15,17,18). The van der Waals surface area contributed by atoms with Crippen molar-refractivity contribution in [2.45, 2.75) is 32.9 Å². The molecule has 1 rings (SSSR count). The number of ketones is 1. The molecule has 1 aromatic carbocycles. The van der Waals surface area contributed by atoms with Crippen LogP contribution < -0.4 is 5.14 Å². The fourth-order valence-electron chi connectivity index (χ4n) is 1.88. The first-order chi connectivity index (χ1) is 8.55. The minimum absolute atomic E-state index is 0.332. The van der Waals surface area contributed by atoms with Crippen LogP contribution in [0.25, 0.3) is 0 Å². The first-order valence-electron chi connectivity index (χ1n) is 6.16. The van der Waals surface area contributed by atoms with Crippen LogP contribution in [-0.4, -0.2) is 19.5 Å². The van der Waals surface area contributed by atoms with E-state index in [2.05, 4.69) is 0 Å². The number of primary sulfonamides is 1.